The normalized spacial score (nSPS) is 11.2. The van der Waals surface area contributed by atoms with Gasteiger partial charge in [0.1, 0.15) is 5.75 Å². The van der Waals surface area contributed by atoms with Crippen LogP contribution in [0.5, 0.6) is 5.75 Å². The molecule has 0 aliphatic heterocycles. The number of nitrogens with zero attached hydrogens (tertiary/aromatic N) is 4. The van der Waals surface area contributed by atoms with E-state index in [0.29, 0.717) is 11.0 Å². The van der Waals surface area contributed by atoms with E-state index in [9.17, 15) is 4.79 Å². The molecule has 7 nitrogen and oxygen atoms in total. The average molecular weight is 470 g/mol. The number of ether oxygens (including phenoxy) is 1. The maximum Gasteiger partial charge on any atom is 0.250 e. The molecule has 34 heavy (non-hydrogen) atoms. The third-order valence-electron chi connectivity index (χ3n) is 4.77. The van der Waals surface area contributed by atoms with Gasteiger partial charge >= 0.3 is 0 Å². The fourth-order valence-corrected chi connectivity index (χ4v) is 3.88. The highest BCUT2D eigenvalue weighted by atomic mass is 32.2. The summed E-state index contributed by atoms with van der Waals surface area (Å²) in [6.07, 6.45) is 5.23. The molecule has 8 heteroatoms. The Morgan fingerprint density at radius 2 is 1.71 bits per heavy atom. The highest BCUT2D eigenvalue weighted by Gasteiger charge is 2.17. The number of methoxy groups -OCH3 is 1. The number of hydrazone groups is 1. The Morgan fingerprint density at radius 3 is 2.41 bits per heavy atom. The lowest BCUT2D eigenvalue weighted by Gasteiger charge is -2.10. The summed E-state index contributed by atoms with van der Waals surface area (Å²) in [6.45, 7) is 0. The van der Waals surface area contributed by atoms with Crippen molar-refractivity contribution in [3.63, 3.8) is 0 Å². The predicted molar refractivity (Wildman–Crippen MR) is 136 cm³/mol. The van der Waals surface area contributed by atoms with Crippen molar-refractivity contribution in [2.75, 3.05) is 12.9 Å². The molecule has 0 spiro atoms. The molecule has 3 aromatic carbocycles. The van der Waals surface area contributed by atoms with Crippen molar-refractivity contribution in [2.24, 2.45) is 5.10 Å². The van der Waals surface area contributed by atoms with Gasteiger partial charge in [0.15, 0.2) is 11.0 Å². The summed E-state index contributed by atoms with van der Waals surface area (Å²) in [5, 5.41) is 13.3. The van der Waals surface area contributed by atoms with Crippen LogP contribution in [-0.4, -0.2) is 39.7 Å². The molecule has 0 bridgehead atoms. The van der Waals surface area contributed by atoms with Gasteiger partial charge in [0.05, 0.1) is 12.9 Å². The molecular formula is C26H23N5O2S. The fraction of sp³-hybridized carbons (Fsp3) is 0.0769. The first-order valence-electron chi connectivity index (χ1n) is 10.6. The molecule has 0 unspecified atom stereocenters. The van der Waals surface area contributed by atoms with Crippen molar-refractivity contribution in [3.8, 4) is 22.8 Å². The molecule has 0 radical (unpaired) electrons. The topological polar surface area (TPSA) is 81.4 Å². The third-order valence-corrected chi connectivity index (χ3v) is 5.70. The number of benzene rings is 3. The van der Waals surface area contributed by atoms with Crippen LogP contribution in [0.4, 0.5) is 0 Å². The number of aromatic nitrogens is 3. The van der Waals surface area contributed by atoms with Gasteiger partial charge in [-0.1, -0.05) is 66.4 Å². The van der Waals surface area contributed by atoms with E-state index < -0.39 is 0 Å². The number of amides is 1. The van der Waals surface area contributed by atoms with Crippen LogP contribution in [0.25, 0.3) is 23.2 Å². The fourth-order valence-electron chi connectivity index (χ4n) is 3.13. The second kappa shape index (κ2) is 11.6. The molecule has 0 saturated carbocycles. The van der Waals surface area contributed by atoms with E-state index in [1.807, 2.05) is 95.6 Å². The minimum Gasteiger partial charge on any atom is -0.497 e. The van der Waals surface area contributed by atoms with Gasteiger partial charge in [-0.3, -0.25) is 9.36 Å². The molecule has 1 heterocycles. The number of para-hydroxylation sites is 1. The number of carbonyl (C=O) groups excluding carboxylic acids is 1. The second-order valence-electron chi connectivity index (χ2n) is 7.08. The first kappa shape index (κ1) is 23.0. The zero-order valence-electron chi connectivity index (χ0n) is 18.5. The number of allylic oxidation sites excluding steroid dienone is 1. The molecule has 0 fully saturated rings. The van der Waals surface area contributed by atoms with Crippen LogP contribution in [0.15, 0.2) is 101 Å². The zero-order chi connectivity index (χ0) is 23.6. The number of carbonyl (C=O) groups is 1. The maximum absolute atomic E-state index is 12.3. The first-order chi connectivity index (χ1) is 16.7. The van der Waals surface area contributed by atoms with E-state index in [0.717, 1.165) is 22.6 Å². The highest BCUT2D eigenvalue weighted by Crippen LogP contribution is 2.28. The van der Waals surface area contributed by atoms with Crippen LogP contribution in [0.3, 0.4) is 0 Å². The number of hydrogen-bond acceptors (Lipinski definition) is 6. The molecule has 4 aromatic rings. The van der Waals surface area contributed by atoms with Crippen LogP contribution < -0.4 is 10.2 Å². The van der Waals surface area contributed by atoms with E-state index in [-0.39, 0.29) is 11.7 Å². The lowest BCUT2D eigenvalue weighted by molar-refractivity contribution is -0.118. The number of nitrogens with one attached hydrogen (secondary N) is 1. The highest BCUT2D eigenvalue weighted by molar-refractivity contribution is 7.99. The molecule has 0 aliphatic carbocycles. The second-order valence-corrected chi connectivity index (χ2v) is 8.02. The Labute approximate surface area is 202 Å². The van der Waals surface area contributed by atoms with E-state index in [4.69, 9.17) is 4.74 Å². The van der Waals surface area contributed by atoms with Crippen LogP contribution in [0.1, 0.15) is 5.56 Å². The summed E-state index contributed by atoms with van der Waals surface area (Å²) in [7, 11) is 1.63. The smallest absolute Gasteiger partial charge is 0.250 e. The average Bonchev–Trinajstić information content (AvgIpc) is 3.32. The molecule has 4 rings (SSSR count). The maximum atomic E-state index is 12.3. The molecule has 0 aliphatic rings. The van der Waals surface area contributed by atoms with Crippen molar-refractivity contribution in [1.29, 1.82) is 0 Å². The van der Waals surface area contributed by atoms with Gasteiger partial charge in [-0.25, -0.2) is 5.43 Å². The Balaban J connectivity index is 1.44. The van der Waals surface area contributed by atoms with Gasteiger partial charge in [-0.15, -0.1) is 10.2 Å². The van der Waals surface area contributed by atoms with Gasteiger partial charge in [-0.2, -0.15) is 5.10 Å². The van der Waals surface area contributed by atoms with Crippen LogP contribution in [0, 0.1) is 0 Å². The number of hydrogen-bond donors (Lipinski definition) is 1. The molecule has 0 saturated heterocycles. The minimum absolute atomic E-state index is 0.146. The minimum atomic E-state index is -0.233. The Morgan fingerprint density at radius 1 is 1.00 bits per heavy atom. The number of thioether (sulfide) groups is 1. The zero-order valence-corrected chi connectivity index (χ0v) is 19.4. The van der Waals surface area contributed by atoms with Crippen molar-refractivity contribution in [1.82, 2.24) is 20.2 Å². The molecular weight excluding hydrogens is 446 g/mol. The van der Waals surface area contributed by atoms with E-state index in [2.05, 4.69) is 20.7 Å². The Bertz CT molecular complexity index is 1270. The summed E-state index contributed by atoms with van der Waals surface area (Å²) < 4.78 is 7.19. The largest absolute Gasteiger partial charge is 0.497 e. The molecule has 0 atom stereocenters. The lowest BCUT2D eigenvalue weighted by atomic mass is 10.2. The molecule has 170 valence electrons. The van der Waals surface area contributed by atoms with E-state index in [1.165, 1.54) is 11.8 Å². The van der Waals surface area contributed by atoms with Gasteiger partial charge < -0.3 is 4.74 Å². The Kier molecular flexibility index (Phi) is 7.86. The summed E-state index contributed by atoms with van der Waals surface area (Å²) in [5.41, 5.74) is 5.40. The van der Waals surface area contributed by atoms with Gasteiger partial charge in [0.2, 0.25) is 0 Å². The van der Waals surface area contributed by atoms with Gasteiger partial charge in [0, 0.05) is 17.5 Å². The van der Waals surface area contributed by atoms with Crippen molar-refractivity contribution in [2.45, 2.75) is 5.16 Å². The summed E-state index contributed by atoms with van der Waals surface area (Å²) in [4.78, 5) is 12.3. The van der Waals surface area contributed by atoms with E-state index >= 15 is 0 Å². The monoisotopic (exact) mass is 469 g/mol. The van der Waals surface area contributed by atoms with Crippen LogP contribution >= 0.6 is 11.8 Å². The summed E-state index contributed by atoms with van der Waals surface area (Å²) >= 11 is 1.29. The molecule has 1 N–H and O–H groups in total. The van der Waals surface area contributed by atoms with Crippen LogP contribution in [0.2, 0.25) is 0 Å². The van der Waals surface area contributed by atoms with Crippen molar-refractivity contribution < 1.29 is 9.53 Å². The standard InChI is InChI=1S/C26H23N5O2S/c1-33-23-16-14-21(15-17-23)25-29-30-26(31(25)22-12-6-3-7-13-22)34-19-24(32)28-27-18-8-11-20-9-4-2-5-10-20/h2-18H,19H2,1H3,(H,28,32)/b11-8+,27-18+. The predicted octanol–water partition coefficient (Wildman–Crippen LogP) is 4.85. The summed E-state index contributed by atoms with van der Waals surface area (Å²) in [5.74, 6) is 1.36. The Hall–Kier alpha value is -4.17. The molecule has 1 amide bonds. The first-order valence-corrected chi connectivity index (χ1v) is 11.5. The quantitative estimate of drug-likeness (QED) is 0.215. The van der Waals surface area contributed by atoms with Gasteiger partial charge in [0.25, 0.3) is 5.91 Å². The SMILES string of the molecule is COc1ccc(-c2nnc(SCC(=O)N/N=C/C=C/c3ccccc3)n2-c2ccccc2)cc1. The van der Waals surface area contributed by atoms with E-state index in [1.54, 1.807) is 19.4 Å². The molecule has 1 aromatic heterocycles. The van der Waals surface area contributed by atoms with Crippen LogP contribution in [-0.2, 0) is 4.79 Å². The number of rotatable bonds is 9. The van der Waals surface area contributed by atoms with Gasteiger partial charge in [-0.05, 0) is 48.0 Å². The lowest BCUT2D eigenvalue weighted by Crippen LogP contribution is -2.19. The van der Waals surface area contributed by atoms with Crippen molar-refractivity contribution >= 4 is 30.0 Å². The third kappa shape index (κ3) is 5.99. The van der Waals surface area contributed by atoms with Crippen molar-refractivity contribution in [3.05, 3.63) is 96.6 Å². The summed E-state index contributed by atoms with van der Waals surface area (Å²) in [6, 6.07) is 27.3.